The molecule has 9 heteroatoms. The Bertz CT molecular complexity index is 809. The van der Waals surface area contributed by atoms with Gasteiger partial charge in [0.05, 0.1) is 18.6 Å². The quantitative estimate of drug-likeness (QED) is 0.848. The topological polar surface area (TPSA) is 89.9 Å². The molecule has 7 nitrogen and oxygen atoms in total. The zero-order valence-electron chi connectivity index (χ0n) is 10.9. The summed E-state index contributed by atoms with van der Waals surface area (Å²) >= 11 is 5.29. The van der Waals surface area contributed by atoms with Crippen molar-refractivity contribution in [1.82, 2.24) is 19.5 Å². The summed E-state index contributed by atoms with van der Waals surface area (Å²) in [4.78, 5) is 11.2. The minimum Gasteiger partial charge on any atom is -0.479 e. The number of hydrogen-bond donors (Lipinski definition) is 1. The van der Waals surface area contributed by atoms with Crippen LogP contribution in [0.15, 0.2) is 6.33 Å². The van der Waals surface area contributed by atoms with Crippen LogP contribution in [0.3, 0.4) is 0 Å². The summed E-state index contributed by atoms with van der Waals surface area (Å²) in [5.41, 5.74) is 1.28. The molecule has 0 aliphatic carbocycles. The first-order chi connectivity index (χ1) is 9.50. The molecule has 1 N–H and O–H groups in total. The Morgan fingerprint density at radius 3 is 3.00 bits per heavy atom. The molecule has 2 aromatic rings. The van der Waals surface area contributed by atoms with Crippen LogP contribution in [0.2, 0.25) is 0 Å². The van der Waals surface area contributed by atoms with Crippen LogP contribution in [0.5, 0.6) is 5.88 Å². The zero-order valence-corrected chi connectivity index (χ0v) is 12.5. The van der Waals surface area contributed by atoms with Crippen LogP contribution in [0.25, 0.3) is 11.2 Å². The number of ether oxygens (including phenoxy) is 1. The van der Waals surface area contributed by atoms with E-state index in [1.54, 1.807) is 0 Å². The number of H-pyrrole nitrogens is 1. The van der Waals surface area contributed by atoms with E-state index < -0.39 is 9.84 Å². The van der Waals surface area contributed by atoms with E-state index in [1.165, 1.54) is 13.4 Å². The molecule has 3 heterocycles. The molecule has 1 atom stereocenters. The lowest BCUT2D eigenvalue weighted by molar-refractivity contribution is 0.401. The van der Waals surface area contributed by atoms with Crippen LogP contribution in [-0.2, 0) is 16.4 Å². The minimum atomic E-state index is -2.89. The van der Waals surface area contributed by atoms with Gasteiger partial charge in [-0.15, -0.1) is 0 Å². The van der Waals surface area contributed by atoms with Gasteiger partial charge in [-0.25, -0.2) is 13.4 Å². The Morgan fingerprint density at radius 1 is 1.55 bits per heavy atom. The third-order valence-electron chi connectivity index (χ3n) is 3.49. The molecule has 2 aromatic heterocycles. The van der Waals surface area contributed by atoms with E-state index in [0.29, 0.717) is 34.8 Å². The molecule has 108 valence electrons. The largest absolute Gasteiger partial charge is 0.479 e. The number of hydrogen-bond acceptors (Lipinski definition) is 6. The molecule has 0 radical (unpaired) electrons. The molecule has 3 rings (SSSR count). The van der Waals surface area contributed by atoms with Crippen LogP contribution in [0.4, 0.5) is 0 Å². The Labute approximate surface area is 120 Å². The monoisotopic (exact) mass is 314 g/mol. The van der Waals surface area contributed by atoms with Crippen molar-refractivity contribution in [1.29, 1.82) is 0 Å². The SMILES string of the molecule is COc1ncnc2c1[nH]c(=S)n2CC1CCS(=O)(=O)C1. The Kier molecular flexibility index (Phi) is 3.25. The van der Waals surface area contributed by atoms with Gasteiger partial charge in [-0.2, -0.15) is 4.98 Å². The molecule has 0 amide bonds. The average Bonchev–Trinajstić information content (AvgIpc) is 2.90. The fourth-order valence-electron chi connectivity index (χ4n) is 2.54. The number of nitrogens with one attached hydrogen (secondary N) is 1. The van der Waals surface area contributed by atoms with E-state index >= 15 is 0 Å². The summed E-state index contributed by atoms with van der Waals surface area (Å²) < 4.78 is 30.5. The highest BCUT2D eigenvalue weighted by Crippen LogP contribution is 2.24. The molecule has 1 unspecified atom stereocenters. The first kappa shape index (κ1) is 13.5. The number of aromatic amines is 1. The molecule has 1 aliphatic heterocycles. The van der Waals surface area contributed by atoms with E-state index in [4.69, 9.17) is 17.0 Å². The predicted octanol–water partition coefficient (Wildman–Crippen LogP) is 0.932. The first-order valence-electron chi connectivity index (χ1n) is 6.18. The van der Waals surface area contributed by atoms with Crippen molar-refractivity contribution in [3.8, 4) is 5.88 Å². The van der Waals surface area contributed by atoms with Gasteiger partial charge in [-0.3, -0.25) is 0 Å². The van der Waals surface area contributed by atoms with Crippen molar-refractivity contribution < 1.29 is 13.2 Å². The second-order valence-corrected chi connectivity index (χ2v) is 7.51. The van der Waals surface area contributed by atoms with Crippen LogP contribution in [-0.4, -0.2) is 46.6 Å². The third-order valence-corrected chi connectivity index (χ3v) is 5.65. The highest BCUT2D eigenvalue weighted by molar-refractivity contribution is 7.91. The van der Waals surface area contributed by atoms with Crippen LogP contribution < -0.4 is 4.74 Å². The molecule has 1 saturated heterocycles. The lowest BCUT2D eigenvalue weighted by Crippen LogP contribution is -2.13. The lowest BCUT2D eigenvalue weighted by Gasteiger charge is -2.09. The van der Waals surface area contributed by atoms with Crippen LogP contribution in [0, 0.1) is 10.7 Å². The van der Waals surface area contributed by atoms with Crippen molar-refractivity contribution in [2.24, 2.45) is 5.92 Å². The lowest BCUT2D eigenvalue weighted by atomic mass is 10.1. The molecule has 0 spiro atoms. The number of aromatic nitrogens is 4. The van der Waals surface area contributed by atoms with Crippen molar-refractivity contribution in [3.63, 3.8) is 0 Å². The third kappa shape index (κ3) is 2.31. The fraction of sp³-hybridized carbons (Fsp3) is 0.545. The van der Waals surface area contributed by atoms with E-state index in [0.717, 1.165) is 0 Å². The zero-order chi connectivity index (χ0) is 14.3. The van der Waals surface area contributed by atoms with Crippen LogP contribution >= 0.6 is 12.2 Å². The second kappa shape index (κ2) is 4.81. The van der Waals surface area contributed by atoms with Gasteiger partial charge in [-0.1, -0.05) is 0 Å². The molecule has 20 heavy (non-hydrogen) atoms. The van der Waals surface area contributed by atoms with Gasteiger partial charge < -0.3 is 14.3 Å². The smallest absolute Gasteiger partial charge is 0.242 e. The fourth-order valence-corrected chi connectivity index (χ4v) is 4.66. The van der Waals surface area contributed by atoms with E-state index in [2.05, 4.69) is 15.0 Å². The molecule has 1 aliphatic rings. The van der Waals surface area contributed by atoms with E-state index in [9.17, 15) is 8.42 Å². The van der Waals surface area contributed by atoms with Crippen molar-refractivity contribution >= 4 is 33.2 Å². The first-order valence-corrected chi connectivity index (χ1v) is 8.41. The van der Waals surface area contributed by atoms with Gasteiger partial charge in [0.1, 0.15) is 11.8 Å². The maximum atomic E-state index is 11.5. The Balaban J connectivity index is 2.00. The molecular weight excluding hydrogens is 300 g/mol. The Hall–Kier alpha value is -1.48. The predicted molar refractivity (Wildman–Crippen MR) is 76.0 cm³/mol. The van der Waals surface area contributed by atoms with Crippen molar-refractivity contribution in [2.45, 2.75) is 13.0 Å². The molecule has 1 fully saturated rings. The highest BCUT2D eigenvalue weighted by Gasteiger charge is 2.28. The molecule has 0 aromatic carbocycles. The van der Waals surface area contributed by atoms with Crippen LogP contribution in [0.1, 0.15) is 6.42 Å². The van der Waals surface area contributed by atoms with Gasteiger partial charge >= 0.3 is 0 Å². The van der Waals surface area contributed by atoms with Gasteiger partial charge in [0.15, 0.2) is 20.3 Å². The summed E-state index contributed by atoms with van der Waals surface area (Å²) in [6.07, 6.45) is 2.07. The van der Waals surface area contributed by atoms with Gasteiger partial charge in [0.2, 0.25) is 5.88 Å². The van der Waals surface area contributed by atoms with Crippen molar-refractivity contribution in [3.05, 3.63) is 11.1 Å². The number of rotatable bonds is 3. The number of imidazole rings is 1. The van der Waals surface area contributed by atoms with Crippen molar-refractivity contribution in [2.75, 3.05) is 18.6 Å². The standard InChI is InChI=1S/C11H14N4O3S2/c1-18-10-8-9(12-6-13-10)15(11(19)14-8)4-7-2-3-20(16,17)5-7/h6-7H,2-5H2,1H3,(H,14,19). The van der Waals surface area contributed by atoms with E-state index in [1.807, 2.05) is 4.57 Å². The highest BCUT2D eigenvalue weighted by atomic mass is 32.2. The average molecular weight is 314 g/mol. The summed E-state index contributed by atoms with van der Waals surface area (Å²) in [5, 5.41) is 0. The molecule has 0 bridgehead atoms. The molecule has 0 saturated carbocycles. The number of fused-ring (bicyclic) bond motifs is 1. The maximum absolute atomic E-state index is 11.5. The second-order valence-electron chi connectivity index (χ2n) is 4.89. The summed E-state index contributed by atoms with van der Waals surface area (Å²) in [5.74, 6) is 0.973. The summed E-state index contributed by atoms with van der Waals surface area (Å²) in [6.45, 7) is 0.540. The van der Waals surface area contributed by atoms with Gasteiger partial charge in [0, 0.05) is 6.54 Å². The van der Waals surface area contributed by atoms with E-state index in [-0.39, 0.29) is 17.4 Å². The normalized spacial score (nSPS) is 21.4. The van der Waals surface area contributed by atoms with Gasteiger partial charge in [-0.05, 0) is 24.6 Å². The Morgan fingerprint density at radius 2 is 2.35 bits per heavy atom. The van der Waals surface area contributed by atoms with Gasteiger partial charge in [0.25, 0.3) is 0 Å². The molecular formula is C11H14N4O3S2. The number of methoxy groups -OCH3 is 1. The summed E-state index contributed by atoms with van der Waals surface area (Å²) in [6, 6.07) is 0. The number of nitrogens with zero attached hydrogens (tertiary/aromatic N) is 3. The summed E-state index contributed by atoms with van der Waals surface area (Å²) in [7, 11) is -1.37. The number of sulfone groups is 1. The maximum Gasteiger partial charge on any atom is 0.242 e. The minimum absolute atomic E-state index is 0.0756.